The molecule has 0 amide bonds. The molecule has 0 fully saturated rings. The summed E-state index contributed by atoms with van der Waals surface area (Å²) < 4.78 is 4.64. The highest BCUT2D eigenvalue weighted by Gasteiger charge is 1.68. The van der Waals surface area contributed by atoms with Gasteiger partial charge >= 0.3 is 0 Å². The Morgan fingerprint density at radius 2 is 2.43 bits per heavy atom. The molecule has 0 aromatic heterocycles. The van der Waals surface area contributed by atoms with Crippen LogP contribution in [-0.2, 0) is 4.74 Å². The molecule has 0 heterocycles. The third-order valence-electron chi connectivity index (χ3n) is 0.603. The number of methoxy groups -OCH3 is 1. The third kappa shape index (κ3) is 5.54. The first kappa shape index (κ1) is 6.54. The SMILES string of the molecule is [CH2]CC/C=C/OC. The molecule has 1 radical (unpaired) electrons. The Morgan fingerprint density at radius 1 is 1.71 bits per heavy atom. The van der Waals surface area contributed by atoms with Crippen LogP contribution in [0, 0.1) is 6.92 Å². The molecule has 0 aromatic rings. The lowest BCUT2D eigenvalue weighted by Crippen LogP contribution is -1.64. The van der Waals surface area contributed by atoms with Gasteiger partial charge in [0.25, 0.3) is 0 Å². The zero-order valence-electron chi connectivity index (χ0n) is 4.68. The molecular weight excluding hydrogens is 88.1 g/mol. The van der Waals surface area contributed by atoms with Gasteiger partial charge in [-0.05, 0) is 18.9 Å². The van der Waals surface area contributed by atoms with Gasteiger partial charge in [-0.1, -0.05) is 6.92 Å². The number of unbranched alkanes of at least 4 members (excludes halogenated alkanes) is 1. The van der Waals surface area contributed by atoms with Crippen LogP contribution in [0.25, 0.3) is 0 Å². The summed E-state index contributed by atoms with van der Waals surface area (Å²) in [6.45, 7) is 3.65. The minimum Gasteiger partial charge on any atom is -0.505 e. The van der Waals surface area contributed by atoms with Gasteiger partial charge < -0.3 is 4.74 Å². The summed E-state index contributed by atoms with van der Waals surface area (Å²) in [5, 5.41) is 0. The highest BCUT2D eigenvalue weighted by atomic mass is 16.5. The van der Waals surface area contributed by atoms with E-state index in [4.69, 9.17) is 0 Å². The number of rotatable bonds is 3. The maximum Gasteiger partial charge on any atom is 0.0784 e. The van der Waals surface area contributed by atoms with Crippen LogP contribution in [-0.4, -0.2) is 7.11 Å². The van der Waals surface area contributed by atoms with Gasteiger partial charge in [0, 0.05) is 0 Å². The number of hydrogen-bond acceptors (Lipinski definition) is 1. The van der Waals surface area contributed by atoms with Gasteiger partial charge in [0.1, 0.15) is 0 Å². The van der Waals surface area contributed by atoms with Crippen LogP contribution in [0.5, 0.6) is 0 Å². The largest absolute Gasteiger partial charge is 0.505 e. The second-order valence-corrected chi connectivity index (χ2v) is 1.25. The quantitative estimate of drug-likeness (QED) is 0.490. The second kappa shape index (κ2) is 5.54. The molecule has 1 nitrogen and oxygen atoms in total. The lowest BCUT2D eigenvalue weighted by molar-refractivity contribution is 0.336. The molecule has 0 N–H and O–H groups in total. The molecule has 0 aliphatic heterocycles. The molecule has 0 bridgehead atoms. The van der Waals surface area contributed by atoms with E-state index in [2.05, 4.69) is 11.7 Å². The Kier molecular flexibility index (Phi) is 5.18. The van der Waals surface area contributed by atoms with Gasteiger partial charge in [-0.2, -0.15) is 0 Å². The van der Waals surface area contributed by atoms with E-state index in [1.54, 1.807) is 13.4 Å². The molecule has 0 aliphatic rings. The predicted octanol–water partition coefficient (Wildman–Crippen LogP) is 1.76. The van der Waals surface area contributed by atoms with Crippen molar-refractivity contribution < 1.29 is 4.74 Å². The molecule has 41 valence electrons. The molecule has 0 rings (SSSR count). The fraction of sp³-hybridized carbons (Fsp3) is 0.500. The molecular formula is C6H11O. The number of hydrogen-bond donors (Lipinski definition) is 0. The zero-order valence-corrected chi connectivity index (χ0v) is 4.68. The second-order valence-electron chi connectivity index (χ2n) is 1.25. The van der Waals surface area contributed by atoms with Gasteiger partial charge in [0.05, 0.1) is 13.4 Å². The van der Waals surface area contributed by atoms with Gasteiger partial charge in [0.2, 0.25) is 0 Å². The Labute approximate surface area is 45.0 Å². The monoisotopic (exact) mass is 99.1 g/mol. The van der Waals surface area contributed by atoms with Crippen molar-refractivity contribution in [1.29, 1.82) is 0 Å². The highest BCUT2D eigenvalue weighted by Crippen LogP contribution is 1.86. The van der Waals surface area contributed by atoms with E-state index in [9.17, 15) is 0 Å². The van der Waals surface area contributed by atoms with Crippen LogP contribution in [0.15, 0.2) is 12.3 Å². The average molecular weight is 99.2 g/mol. The lowest BCUT2D eigenvalue weighted by atomic mass is 10.3. The van der Waals surface area contributed by atoms with Crippen molar-refractivity contribution in [2.45, 2.75) is 12.8 Å². The Morgan fingerprint density at radius 3 is 2.86 bits per heavy atom. The van der Waals surface area contributed by atoms with Gasteiger partial charge in [-0.3, -0.25) is 0 Å². The maximum absolute atomic E-state index is 4.64. The Hall–Kier alpha value is -0.460. The van der Waals surface area contributed by atoms with Crippen molar-refractivity contribution in [3.05, 3.63) is 19.3 Å². The first-order valence-electron chi connectivity index (χ1n) is 2.39. The van der Waals surface area contributed by atoms with Crippen molar-refractivity contribution in [1.82, 2.24) is 0 Å². The van der Waals surface area contributed by atoms with Crippen molar-refractivity contribution >= 4 is 0 Å². The van der Waals surface area contributed by atoms with Crippen LogP contribution >= 0.6 is 0 Å². The van der Waals surface area contributed by atoms with Gasteiger partial charge in [0.15, 0.2) is 0 Å². The van der Waals surface area contributed by atoms with Crippen molar-refractivity contribution in [2.24, 2.45) is 0 Å². The summed E-state index contributed by atoms with van der Waals surface area (Å²) in [5.74, 6) is 0. The number of ether oxygens (including phenoxy) is 1. The van der Waals surface area contributed by atoms with Crippen molar-refractivity contribution in [3.63, 3.8) is 0 Å². The van der Waals surface area contributed by atoms with Crippen LogP contribution in [0.3, 0.4) is 0 Å². The third-order valence-corrected chi connectivity index (χ3v) is 0.603. The molecule has 1 heteroatoms. The van der Waals surface area contributed by atoms with E-state index >= 15 is 0 Å². The maximum atomic E-state index is 4.64. The molecule has 0 unspecified atom stereocenters. The molecule has 0 spiro atoms. The highest BCUT2D eigenvalue weighted by molar-refractivity contribution is 4.72. The van der Waals surface area contributed by atoms with Crippen molar-refractivity contribution in [2.75, 3.05) is 7.11 Å². The van der Waals surface area contributed by atoms with Gasteiger partial charge in [-0.25, -0.2) is 0 Å². The summed E-state index contributed by atoms with van der Waals surface area (Å²) in [4.78, 5) is 0. The Bertz CT molecular complexity index is 48.1. The van der Waals surface area contributed by atoms with E-state index < -0.39 is 0 Å². The van der Waals surface area contributed by atoms with Crippen LogP contribution in [0.2, 0.25) is 0 Å². The van der Waals surface area contributed by atoms with E-state index in [0.29, 0.717) is 0 Å². The smallest absolute Gasteiger partial charge is 0.0784 e. The van der Waals surface area contributed by atoms with E-state index in [0.717, 1.165) is 12.8 Å². The fourth-order valence-electron chi connectivity index (χ4n) is 0.282. The first-order valence-corrected chi connectivity index (χ1v) is 2.39. The molecule has 0 saturated carbocycles. The molecule has 0 atom stereocenters. The van der Waals surface area contributed by atoms with E-state index in [1.165, 1.54) is 0 Å². The standard InChI is InChI=1S/C6H11O/c1-3-4-5-6-7-2/h5-6H,1,3-4H2,2H3/b6-5+. The molecule has 7 heavy (non-hydrogen) atoms. The lowest BCUT2D eigenvalue weighted by Gasteiger charge is -1.83. The molecule has 0 aromatic carbocycles. The summed E-state index contributed by atoms with van der Waals surface area (Å²) >= 11 is 0. The normalized spacial score (nSPS) is 10.0. The zero-order chi connectivity index (χ0) is 5.54. The summed E-state index contributed by atoms with van der Waals surface area (Å²) in [5.41, 5.74) is 0. The fourth-order valence-corrected chi connectivity index (χ4v) is 0.282. The van der Waals surface area contributed by atoms with Crippen LogP contribution < -0.4 is 0 Å². The van der Waals surface area contributed by atoms with Crippen molar-refractivity contribution in [3.8, 4) is 0 Å². The van der Waals surface area contributed by atoms with Crippen LogP contribution in [0.4, 0.5) is 0 Å². The average Bonchev–Trinajstić information content (AvgIpc) is 1.69. The summed E-state index contributed by atoms with van der Waals surface area (Å²) in [6, 6.07) is 0. The minimum atomic E-state index is 0.944. The topological polar surface area (TPSA) is 9.23 Å². The predicted molar refractivity (Wildman–Crippen MR) is 30.7 cm³/mol. The van der Waals surface area contributed by atoms with Crippen LogP contribution in [0.1, 0.15) is 12.8 Å². The minimum absolute atomic E-state index is 0.944. The van der Waals surface area contributed by atoms with Gasteiger partial charge in [-0.15, -0.1) is 0 Å². The molecule has 0 saturated heterocycles. The molecule has 0 aliphatic carbocycles. The number of allylic oxidation sites excluding steroid dienone is 1. The first-order chi connectivity index (χ1) is 3.41. The summed E-state index contributed by atoms with van der Waals surface area (Å²) in [6.07, 6.45) is 5.58. The van der Waals surface area contributed by atoms with E-state index in [-0.39, 0.29) is 0 Å². The Balaban J connectivity index is 2.78. The van der Waals surface area contributed by atoms with E-state index in [1.807, 2.05) is 6.08 Å². The summed E-state index contributed by atoms with van der Waals surface area (Å²) in [7, 11) is 1.64.